The predicted molar refractivity (Wildman–Crippen MR) is 202 cm³/mol. The van der Waals surface area contributed by atoms with Gasteiger partial charge in [0.2, 0.25) is 0 Å². The summed E-state index contributed by atoms with van der Waals surface area (Å²) in [5.74, 6) is 2.98. The molecule has 0 spiro atoms. The van der Waals surface area contributed by atoms with E-state index < -0.39 is 0 Å². The average molecular weight is 739 g/mol. The van der Waals surface area contributed by atoms with Crippen LogP contribution in [-0.4, -0.2) is 72.9 Å². The lowest BCUT2D eigenvalue weighted by Gasteiger charge is -2.05. The van der Waals surface area contributed by atoms with Crippen LogP contribution in [-0.2, 0) is 52.1 Å². The number of aryl methyl sites for hydroxylation is 6. The van der Waals surface area contributed by atoms with Crippen molar-refractivity contribution in [3.8, 4) is 11.5 Å². The lowest BCUT2D eigenvalue weighted by Crippen LogP contribution is -2.26. The van der Waals surface area contributed by atoms with Gasteiger partial charge in [-0.3, -0.25) is 18.5 Å². The molecule has 16 heteroatoms. The summed E-state index contributed by atoms with van der Waals surface area (Å²) in [4.78, 5) is 26.1. The van der Waals surface area contributed by atoms with Crippen LogP contribution < -0.4 is 20.9 Å². The Bertz CT molecular complexity index is 2030. The molecule has 0 radical (unpaired) electrons. The van der Waals surface area contributed by atoms with Gasteiger partial charge in [0.15, 0.2) is 0 Å². The fourth-order valence-corrected chi connectivity index (χ4v) is 6.49. The topological polar surface area (TPSA) is 160 Å². The second-order valence-electron chi connectivity index (χ2n) is 13.5. The van der Waals surface area contributed by atoms with E-state index in [9.17, 15) is 9.59 Å². The van der Waals surface area contributed by atoms with Crippen LogP contribution in [0.15, 0.2) is 70.5 Å². The van der Waals surface area contributed by atoms with Crippen LogP contribution in [0.5, 0.6) is 11.5 Å². The molecule has 0 unspecified atom stereocenters. The van der Waals surface area contributed by atoms with Crippen molar-refractivity contribution in [3.63, 3.8) is 0 Å². The predicted octanol–water partition coefficient (Wildman–Crippen LogP) is 3.84. The van der Waals surface area contributed by atoms with Gasteiger partial charge < -0.3 is 9.47 Å². The van der Waals surface area contributed by atoms with Gasteiger partial charge in [-0.2, -0.15) is 10.2 Å². The zero-order valence-corrected chi connectivity index (χ0v) is 31.7. The molecule has 0 aliphatic carbocycles. The fraction of sp³-hybridized carbons (Fsp3) is 0.474. The number of ether oxygens (including phenoxy) is 2. The molecule has 0 aliphatic rings. The van der Waals surface area contributed by atoms with Crippen LogP contribution >= 0.6 is 0 Å². The molecule has 0 fully saturated rings. The maximum atomic E-state index is 13.0. The first-order chi connectivity index (χ1) is 26.3. The Kier molecular flexibility index (Phi) is 12.9. The molecule has 0 atom stereocenters. The van der Waals surface area contributed by atoms with Crippen molar-refractivity contribution in [2.24, 2.45) is 0 Å². The molecular formula is C38H50N12O4. The summed E-state index contributed by atoms with van der Waals surface area (Å²) in [6.45, 7) is 6.94. The molecule has 2 aromatic carbocycles. The first-order valence-corrected chi connectivity index (χ1v) is 18.6. The molecule has 0 amide bonds. The highest BCUT2D eigenvalue weighted by Gasteiger charge is 2.14. The first kappa shape index (κ1) is 37.9. The zero-order chi connectivity index (χ0) is 37.9. The average Bonchev–Trinajstić information content (AvgIpc) is 3.95. The van der Waals surface area contributed by atoms with Crippen LogP contribution in [0.4, 0.5) is 0 Å². The number of rotatable bonds is 21. The Hall–Kier alpha value is -5.80. The summed E-state index contributed by atoms with van der Waals surface area (Å²) in [6, 6.07) is 15.7. The second kappa shape index (κ2) is 18.3. The minimum absolute atomic E-state index is 0.146. The molecule has 54 heavy (non-hydrogen) atoms. The van der Waals surface area contributed by atoms with Gasteiger partial charge in [-0.1, -0.05) is 60.4 Å². The molecule has 286 valence electrons. The van der Waals surface area contributed by atoms with Crippen molar-refractivity contribution in [1.29, 1.82) is 0 Å². The zero-order valence-electron chi connectivity index (χ0n) is 31.7. The van der Waals surface area contributed by atoms with Crippen LogP contribution in [0.25, 0.3) is 0 Å². The van der Waals surface area contributed by atoms with Crippen molar-refractivity contribution in [2.45, 2.75) is 104 Å². The summed E-state index contributed by atoms with van der Waals surface area (Å²) in [6.07, 6.45) is 11.7. The molecule has 4 aromatic heterocycles. The van der Waals surface area contributed by atoms with Gasteiger partial charge >= 0.3 is 11.4 Å². The minimum atomic E-state index is -0.146. The lowest BCUT2D eigenvalue weighted by molar-refractivity contribution is 0.414. The molecule has 0 bridgehead atoms. The summed E-state index contributed by atoms with van der Waals surface area (Å²) in [5, 5.41) is 26.0. The number of benzene rings is 2. The quantitative estimate of drug-likeness (QED) is 0.0994. The molecule has 0 saturated heterocycles. The van der Waals surface area contributed by atoms with Gasteiger partial charge in [-0.15, -0.1) is 10.2 Å². The summed E-state index contributed by atoms with van der Waals surface area (Å²) < 4.78 is 20.5. The number of hydrogen-bond donors (Lipinski definition) is 0. The number of methoxy groups -OCH3 is 2. The van der Waals surface area contributed by atoms with E-state index in [0.29, 0.717) is 36.1 Å². The first-order valence-electron chi connectivity index (χ1n) is 18.6. The third kappa shape index (κ3) is 9.99. The van der Waals surface area contributed by atoms with Crippen molar-refractivity contribution in [2.75, 3.05) is 14.2 Å². The van der Waals surface area contributed by atoms with Gasteiger partial charge in [0, 0.05) is 26.2 Å². The highest BCUT2D eigenvalue weighted by molar-refractivity contribution is 5.28. The fourth-order valence-electron chi connectivity index (χ4n) is 6.49. The number of unbranched alkanes of at least 4 members (excludes halogenated alkanes) is 5. The van der Waals surface area contributed by atoms with E-state index in [1.165, 1.54) is 9.36 Å². The highest BCUT2D eigenvalue weighted by atomic mass is 16.5. The van der Waals surface area contributed by atoms with Crippen molar-refractivity contribution < 1.29 is 9.47 Å². The lowest BCUT2D eigenvalue weighted by atomic mass is 10.1. The monoisotopic (exact) mass is 738 g/mol. The maximum Gasteiger partial charge on any atom is 0.346 e. The molecule has 0 aliphatic heterocycles. The van der Waals surface area contributed by atoms with E-state index in [0.717, 1.165) is 87.1 Å². The van der Waals surface area contributed by atoms with E-state index in [2.05, 4.69) is 30.8 Å². The molecular weight excluding hydrogens is 688 g/mol. The van der Waals surface area contributed by atoms with E-state index in [4.69, 9.17) is 9.47 Å². The van der Waals surface area contributed by atoms with Crippen LogP contribution in [0.1, 0.15) is 72.7 Å². The van der Waals surface area contributed by atoms with Gasteiger partial charge in [0.1, 0.15) is 34.5 Å². The number of nitrogens with zero attached hydrogens (tertiary/aromatic N) is 12. The molecule has 16 nitrogen and oxygen atoms in total. The Morgan fingerprint density at radius 1 is 0.537 bits per heavy atom. The van der Waals surface area contributed by atoms with Crippen LogP contribution in [0, 0.1) is 13.8 Å². The van der Waals surface area contributed by atoms with Gasteiger partial charge in [-0.05, 0) is 74.9 Å². The van der Waals surface area contributed by atoms with E-state index in [1.54, 1.807) is 23.4 Å². The molecule has 6 aromatic rings. The van der Waals surface area contributed by atoms with E-state index in [-0.39, 0.29) is 24.5 Å². The van der Waals surface area contributed by atoms with Crippen molar-refractivity contribution in [3.05, 3.63) is 116 Å². The summed E-state index contributed by atoms with van der Waals surface area (Å²) in [5.41, 5.74) is 3.39. The van der Waals surface area contributed by atoms with Crippen LogP contribution in [0.2, 0.25) is 0 Å². The minimum Gasteiger partial charge on any atom is -0.497 e. The molecule has 0 N–H and O–H groups in total. The number of hydrogen-bond acceptors (Lipinski definition) is 10. The molecule has 0 saturated carbocycles. The normalized spacial score (nSPS) is 11.4. The SMILES string of the molecule is COc1ccc(CCn2c(C)nn(Cc3cn(CCCCCCCCn4cc(Cn5nc(C)n(CCc6ccc(OC)cc6)c5=O)nn4)nn3)c2=O)cc1. The van der Waals surface area contributed by atoms with E-state index in [1.807, 2.05) is 84.1 Å². The maximum absolute atomic E-state index is 13.0. The molecule has 6 rings (SSSR count). The largest absolute Gasteiger partial charge is 0.497 e. The number of aromatic nitrogens is 12. The van der Waals surface area contributed by atoms with Gasteiger partial charge in [-0.25, -0.2) is 19.0 Å². The smallest absolute Gasteiger partial charge is 0.346 e. The third-order valence-corrected chi connectivity index (χ3v) is 9.60. The highest BCUT2D eigenvalue weighted by Crippen LogP contribution is 2.14. The standard InChI is InChI=1S/C38H50N12O4/c1-29-41-49(37(51)47(29)23-19-31-11-15-35(53-3)16-12-31)27-33-25-45(43-39-33)21-9-7-5-6-8-10-22-46-26-34(40-44-46)28-50-38(52)48(30(2)42-50)24-20-32-13-17-36(54-4)18-14-32/h11-18,25-26H,5-10,19-24,27-28H2,1-4H3. The summed E-state index contributed by atoms with van der Waals surface area (Å²) in [7, 11) is 3.29. The third-order valence-electron chi connectivity index (χ3n) is 9.60. The molecule has 4 heterocycles. The van der Waals surface area contributed by atoms with Gasteiger partial charge in [0.05, 0.1) is 39.7 Å². The van der Waals surface area contributed by atoms with E-state index >= 15 is 0 Å². The Morgan fingerprint density at radius 2 is 0.926 bits per heavy atom. The Labute approximate surface area is 314 Å². The van der Waals surface area contributed by atoms with Crippen molar-refractivity contribution >= 4 is 0 Å². The Morgan fingerprint density at radius 3 is 1.31 bits per heavy atom. The van der Waals surface area contributed by atoms with Gasteiger partial charge in [0.25, 0.3) is 0 Å². The summed E-state index contributed by atoms with van der Waals surface area (Å²) >= 11 is 0. The second-order valence-corrected chi connectivity index (χ2v) is 13.5. The Balaban J connectivity index is 0.853. The van der Waals surface area contributed by atoms with Crippen molar-refractivity contribution in [1.82, 2.24) is 58.7 Å². The van der Waals surface area contributed by atoms with Crippen LogP contribution in [0.3, 0.4) is 0 Å².